The van der Waals surface area contributed by atoms with E-state index in [0.29, 0.717) is 18.0 Å². The highest BCUT2D eigenvalue weighted by Gasteiger charge is 2.14. The number of ether oxygens (including phenoxy) is 2. The van der Waals surface area contributed by atoms with Crippen molar-refractivity contribution in [2.24, 2.45) is 4.99 Å². The molecule has 0 amide bonds. The third-order valence-corrected chi connectivity index (χ3v) is 2.22. The van der Waals surface area contributed by atoms with Crippen LogP contribution in [0.4, 0.5) is 5.69 Å². The van der Waals surface area contributed by atoms with Gasteiger partial charge >= 0.3 is 5.97 Å². The Hall–Kier alpha value is -2.04. The van der Waals surface area contributed by atoms with E-state index in [9.17, 15) is 4.79 Å². The van der Waals surface area contributed by atoms with Crippen molar-refractivity contribution >= 4 is 18.0 Å². The molecule has 5 nitrogen and oxygen atoms in total. The highest BCUT2D eigenvalue weighted by Crippen LogP contribution is 2.34. The summed E-state index contributed by atoms with van der Waals surface area (Å²) in [7, 11) is 1.53. The van der Waals surface area contributed by atoms with Crippen LogP contribution in [0.1, 0.15) is 12.5 Å². The van der Waals surface area contributed by atoms with Gasteiger partial charge in [-0.05, 0) is 6.07 Å². The maximum Gasteiger partial charge on any atom is 0.308 e. The van der Waals surface area contributed by atoms with Crippen LogP contribution in [-0.2, 0) is 11.3 Å². The zero-order chi connectivity index (χ0) is 11.5. The Morgan fingerprint density at radius 1 is 1.44 bits per heavy atom. The first-order valence-corrected chi connectivity index (χ1v) is 4.85. The van der Waals surface area contributed by atoms with Gasteiger partial charge in [-0.3, -0.25) is 9.79 Å². The third kappa shape index (κ3) is 1.98. The second kappa shape index (κ2) is 4.22. The number of methoxy groups -OCH3 is 1. The van der Waals surface area contributed by atoms with Crippen LogP contribution in [0.5, 0.6) is 11.5 Å². The molecule has 1 aromatic carbocycles. The van der Waals surface area contributed by atoms with Crippen molar-refractivity contribution in [1.29, 1.82) is 0 Å². The normalized spacial score (nSPS) is 12.6. The molecule has 1 aliphatic heterocycles. The molecule has 5 heteroatoms. The van der Waals surface area contributed by atoms with E-state index < -0.39 is 0 Å². The fourth-order valence-corrected chi connectivity index (χ4v) is 1.52. The number of nitrogens with one attached hydrogen (secondary N) is 1. The summed E-state index contributed by atoms with van der Waals surface area (Å²) in [5.74, 6) is 0.579. The van der Waals surface area contributed by atoms with Crippen LogP contribution in [0.2, 0.25) is 0 Å². The van der Waals surface area contributed by atoms with Gasteiger partial charge in [0.1, 0.15) is 0 Å². The molecule has 0 atom stereocenters. The largest absolute Gasteiger partial charge is 0.493 e. The van der Waals surface area contributed by atoms with Crippen molar-refractivity contribution in [2.45, 2.75) is 13.5 Å². The van der Waals surface area contributed by atoms with Crippen molar-refractivity contribution in [1.82, 2.24) is 0 Å². The molecule has 16 heavy (non-hydrogen) atoms. The van der Waals surface area contributed by atoms with Crippen molar-refractivity contribution in [2.75, 3.05) is 12.4 Å². The highest BCUT2D eigenvalue weighted by molar-refractivity contribution is 5.81. The number of carbonyl (C=O) groups excluding carboxylic acids is 1. The van der Waals surface area contributed by atoms with Crippen LogP contribution in [0.25, 0.3) is 0 Å². The minimum absolute atomic E-state index is 0.370. The van der Waals surface area contributed by atoms with Gasteiger partial charge in [0.05, 0.1) is 20.0 Å². The van der Waals surface area contributed by atoms with Crippen LogP contribution < -0.4 is 14.8 Å². The predicted octanol–water partition coefficient (Wildman–Crippen LogP) is 1.57. The minimum atomic E-state index is -0.370. The lowest BCUT2D eigenvalue weighted by Crippen LogP contribution is -2.08. The highest BCUT2D eigenvalue weighted by atomic mass is 16.6. The van der Waals surface area contributed by atoms with Gasteiger partial charge in [0, 0.05) is 24.2 Å². The van der Waals surface area contributed by atoms with E-state index in [4.69, 9.17) is 9.47 Å². The van der Waals surface area contributed by atoms with Crippen molar-refractivity contribution in [3.8, 4) is 11.5 Å². The summed E-state index contributed by atoms with van der Waals surface area (Å²) in [6.45, 7) is 1.93. The van der Waals surface area contributed by atoms with Gasteiger partial charge < -0.3 is 14.8 Å². The molecule has 2 rings (SSSR count). The van der Waals surface area contributed by atoms with Gasteiger partial charge in [0.2, 0.25) is 0 Å². The van der Waals surface area contributed by atoms with Gasteiger partial charge in [0.25, 0.3) is 0 Å². The Morgan fingerprint density at radius 3 is 2.94 bits per heavy atom. The molecular formula is C11H12N2O3. The summed E-state index contributed by atoms with van der Waals surface area (Å²) in [5.41, 5.74) is 1.89. The van der Waals surface area contributed by atoms with E-state index in [1.807, 2.05) is 0 Å². The number of carbonyl (C=O) groups is 1. The number of anilines is 1. The monoisotopic (exact) mass is 220 g/mol. The number of fused-ring (bicyclic) bond motifs is 1. The van der Waals surface area contributed by atoms with Crippen molar-refractivity contribution in [3.05, 3.63) is 17.7 Å². The Morgan fingerprint density at radius 2 is 2.25 bits per heavy atom. The second-order valence-electron chi connectivity index (χ2n) is 3.37. The number of nitrogens with zero attached hydrogens (tertiary/aromatic N) is 1. The van der Waals surface area contributed by atoms with Crippen LogP contribution >= 0.6 is 0 Å². The van der Waals surface area contributed by atoms with Gasteiger partial charge in [-0.1, -0.05) is 0 Å². The molecule has 0 saturated carbocycles. The van der Waals surface area contributed by atoms with E-state index in [0.717, 1.165) is 11.3 Å². The summed E-state index contributed by atoms with van der Waals surface area (Å²) < 4.78 is 10.2. The molecule has 0 aliphatic carbocycles. The first kappa shape index (κ1) is 10.5. The van der Waals surface area contributed by atoms with Crippen molar-refractivity contribution < 1.29 is 14.3 Å². The molecule has 0 spiro atoms. The fourth-order valence-electron chi connectivity index (χ4n) is 1.52. The Kier molecular flexibility index (Phi) is 2.76. The molecular weight excluding hydrogens is 208 g/mol. The predicted molar refractivity (Wildman–Crippen MR) is 60.1 cm³/mol. The molecule has 1 heterocycles. The van der Waals surface area contributed by atoms with E-state index in [2.05, 4.69) is 10.3 Å². The van der Waals surface area contributed by atoms with Crippen molar-refractivity contribution in [3.63, 3.8) is 0 Å². The molecule has 0 radical (unpaired) electrons. The van der Waals surface area contributed by atoms with Gasteiger partial charge in [-0.15, -0.1) is 0 Å². The zero-order valence-corrected chi connectivity index (χ0v) is 9.11. The van der Waals surface area contributed by atoms with Crippen LogP contribution in [0.3, 0.4) is 0 Å². The van der Waals surface area contributed by atoms with Gasteiger partial charge in [0.15, 0.2) is 11.5 Å². The lowest BCUT2D eigenvalue weighted by atomic mass is 10.1. The topological polar surface area (TPSA) is 59.9 Å². The summed E-state index contributed by atoms with van der Waals surface area (Å²) in [5, 5.41) is 3.01. The number of esters is 1. The quantitative estimate of drug-likeness (QED) is 0.607. The number of hydrogen-bond acceptors (Lipinski definition) is 5. The lowest BCUT2D eigenvalue weighted by Gasteiger charge is -2.16. The third-order valence-electron chi connectivity index (χ3n) is 2.22. The molecule has 0 fully saturated rings. The molecule has 1 aliphatic rings. The lowest BCUT2D eigenvalue weighted by molar-refractivity contribution is -0.132. The number of rotatable bonds is 2. The molecule has 84 valence electrons. The smallest absolute Gasteiger partial charge is 0.308 e. The summed E-state index contributed by atoms with van der Waals surface area (Å²) in [6.07, 6.45) is 1.63. The van der Waals surface area contributed by atoms with E-state index >= 15 is 0 Å². The Labute approximate surface area is 93.1 Å². The Bertz CT molecular complexity index is 455. The number of hydrogen-bond donors (Lipinski definition) is 1. The molecule has 1 N–H and O–H groups in total. The number of benzene rings is 1. The minimum Gasteiger partial charge on any atom is -0.493 e. The molecule has 1 aromatic rings. The number of aliphatic imine (C=N–C) groups is 1. The molecule has 0 unspecified atom stereocenters. The van der Waals surface area contributed by atoms with Gasteiger partial charge in [-0.25, -0.2) is 0 Å². The maximum atomic E-state index is 10.9. The standard InChI is InChI=1S/C11H12N2O3/c1-7(14)16-11-3-8-5-12-6-13-9(8)4-10(11)15-2/h3-4,6H,5H2,1-2H3,(H,12,13). The van der Waals surface area contributed by atoms with E-state index in [1.54, 1.807) is 18.5 Å². The zero-order valence-electron chi connectivity index (χ0n) is 9.11. The van der Waals surface area contributed by atoms with Crippen LogP contribution in [-0.4, -0.2) is 19.4 Å². The summed E-state index contributed by atoms with van der Waals surface area (Å²) >= 11 is 0. The Balaban J connectivity index is 2.41. The van der Waals surface area contributed by atoms with Crippen LogP contribution in [0.15, 0.2) is 17.1 Å². The first-order chi connectivity index (χ1) is 7.70. The van der Waals surface area contributed by atoms with Crippen LogP contribution in [0, 0.1) is 0 Å². The summed E-state index contributed by atoms with van der Waals surface area (Å²) in [4.78, 5) is 15.0. The average Bonchev–Trinajstić information content (AvgIpc) is 2.27. The average molecular weight is 220 g/mol. The molecule has 0 aromatic heterocycles. The summed E-state index contributed by atoms with van der Waals surface area (Å²) in [6, 6.07) is 3.55. The van der Waals surface area contributed by atoms with E-state index in [-0.39, 0.29) is 5.97 Å². The second-order valence-corrected chi connectivity index (χ2v) is 3.37. The van der Waals surface area contributed by atoms with E-state index in [1.165, 1.54) is 14.0 Å². The maximum absolute atomic E-state index is 10.9. The molecule has 0 saturated heterocycles. The molecule has 0 bridgehead atoms. The van der Waals surface area contributed by atoms with Gasteiger partial charge in [-0.2, -0.15) is 0 Å². The SMILES string of the molecule is COc1cc2c(cc1OC(C)=O)CN=CN2. The first-order valence-electron chi connectivity index (χ1n) is 4.85. The fraction of sp³-hybridized carbons (Fsp3) is 0.273.